The molecule has 1 aromatic carbocycles. The van der Waals surface area contributed by atoms with Gasteiger partial charge in [0.15, 0.2) is 6.10 Å². The topological polar surface area (TPSA) is 55.4 Å². The minimum absolute atomic E-state index is 0.0253. The highest BCUT2D eigenvalue weighted by Gasteiger charge is 2.18. The highest BCUT2D eigenvalue weighted by Crippen LogP contribution is 2.05. The van der Waals surface area contributed by atoms with E-state index in [0.717, 1.165) is 18.4 Å². The third kappa shape index (κ3) is 7.07. The van der Waals surface area contributed by atoms with Crippen molar-refractivity contribution in [3.05, 3.63) is 47.5 Å². The van der Waals surface area contributed by atoms with E-state index in [4.69, 9.17) is 4.74 Å². The van der Waals surface area contributed by atoms with Crippen molar-refractivity contribution in [2.75, 3.05) is 0 Å². The summed E-state index contributed by atoms with van der Waals surface area (Å²) in [5.74, 6) is -0.754. The molecule has 1 N–H and O–H groups in total. The Bertz CT molecular complexity index is 518. The third-order valence-electron chi connectivity index (χ3n) is 3.17. The molecular weight excluding hydrogens is 278 g/mol. The minimum Gasteiger partial charge on any atom is -0.449 e. The molecule has 0 fully saturated rings. The van der Waals surface area contributed by atoms with Crippen LogP contribution < -0.4 is 5.32 Å². The van der Waals surface area contributed by atoms with E-state index < -0.39 is 12.1 Å². The maximum atomic E-state index is 12.0. The van der Waals surface area contributed by atoms with E-state index >= 15 is 0 Å². The quantitative estimate of drug-likeness (QED) is 0.622. The van der Waals surface area contributed by atoms with Crippen LogP contribution in [-0.2, 0) is 20.7 Å². The molecule has 0 heterocycles. The number of amides is 1. The first-order chi connectivity index (χ1) is 10.4. The molecule has 0 saturated carbocycles. The van der Waals surface area contributed by atoms with Crippen LogP contribution in [0.3, 0.4) is 0 Å². The van der Waals surface area contributed by atoms with Gasteiger partial charge in [-0.1, -0.05) is 35.9 Å². The number of nitrogens with one attached hydrogen (secondary N) is 1. The standard InChI is InChI=1S/C18H25NO3/c1-13(2)12-17(20)22-15(4)18(21)19-14(3)10-11-16-8-6-5-7-9-16/h5-9,12,14-15H,10-11H2,1-4H3,(H,19,21)/t14-,15-/m0/s1. The first-order valence-corrected chi connectivity index (χ1v) is 7.58. The molecule has 0 aromatic heterocycles. The van der Waals surface area contributed by atoms with E-state index in [0.29, 0.717) is 0 Å². The number of benzene rings is 1. The second-order valence-electron chi connectivity index (χ2n) is 5.73. The van der Waals surface area contributed by atoms with Crippen LogP contribution in [0.1, 0.15) is 39.7 Å². The summed E-state index contributed by atoms with van der Waals surface area (Å²) in [5.41, 5.74) is 2.08. The number of hydrogen-bond donors (Lipinski definition) is 1. The van der Waals surface area contributed by atoms with Crippen LogP contribution in [0.4, 0.5) is 0 Å². The van der Waals surface area contributed by atoms with Crippen molar-refractivity contribution in [1.29, 1.82) is 0 Å². The summed E-state index contributed by atoms with van der Waals surface area (Å²) in [6, 6.07) is 10.2. The molecule has 1 aromatic rings. The van der Waals surface area contributed by atoms with E-state index in [9.17, 15) is 9.59 Å². The lowest BCUT2D eigenvalue weighted by molar-refractivity contribution is -0.150. The number of carbonyl (C=O) groups is 2. The molecule has 120 valence electrons. The second-order valence-corrected chi connectivity index (χ2v) is 5.73. The van der Waals surface area contributed by atoms with E-state index in [-0.39, 0.29) is 11.9 Å². The monoisotopic (exact) mass is 303 g/mol. The first kappa shape index (κ1) is 18.0. The Morgan fingerprint density at radius 3 is 2.41 bits per heavy atom. The average molecular weight is 303 g/mol. The Balaban J connectivity index is 2.36. The summed E-state index contributed by atoms with van der Waals surface area (Å²) in [5, 5.41) is 2.87. The summed E-state index contributed by atoms with van der Waals surface area (Å²) >= 11 is 0. The molecule has 0 spiro atoms. The van der Waals surface area contributed by atoms with Gasteiger partial charge < -0.3 is 10.1 Å². The number of esters is 1. The maximum Gasteiger partial charge on any atom is 0.331 e. The van der Waals surface area contributed by atoms with Gasteiger partial charge in [-0.25, -0.2) is 4.79 Å². The molecule has 0 aliphatic heterocycles. The Labute approximate surface area is 132 Å². The van der Waals surface area contributed by atoms with Gasteiger partial charge in [-0.05, 0) is 46.1 Å². The van der Waals surface area contributed by atoms with Crippen molar-refractivity contribution < 1.29 is 14.3 Å². The zero-order valence-electron chi connectivity index (χ0n) is 13.8. The van der Waals surface area contributed by atoms with Gasteiger partial charge in [0.1, 0.15) is 0 Å². The van der Waals surface area contributed by atoms with Crippen LogP contribution in [0, 0.1) is 0 Å². The molecule has 22 heavy (non-hydrogen) atoms. The van der Waals surface area contributed by atoms with Crippen molar-refractivity contribution in [2.45, 2.75) is 52.7 Å². The van der Waals surface area contributed by atoms with Crippen molar-refractivity contribution >= 4 is 11.9 Å². The third-order valence-corrected chi connectivity index (χ3v) is 3.17. The zero-order chi connectivity index (χ0) is 16.5. The molecule has 0 aliphatic rings. The van der Waals surface area contributed by atoms with Gasteiger partial charge in [0.25, 0.3) is 5.91 Å². The Morgan fingerprint density at radius 1 is 1.18 bits per heavy atom. The summed E-state index contributed by atoms with van der Waals surface area (Å²) < 4.78 is 5.06. The maximum absolute atomic E-state index is 12.0. The summed E-state index contributed by atoms with van der Waals surface area (Å²) in [6.07, 6.45) is 2.32. The van der Waals surface area contributed by atoms with E-state index in [1.807, 2.05) is 25.1 Å². The van der Waals surface area contributed by atoms with Crippen LogP contribution in [-0.4, -0.2) is 24.0 Å². The molecule has 4 nitrogen and oxygen atoms in total. The largest absolute Gasteiger partial charge is 0.449 e. The lowest BCUT2D eigenvalue weighted by Gasteiger charge is -2.17. The Morgan fingerprint density at radius 2 is 1.82 bits per heavy atom. The Kier molecular flexibility index (Phi) is 7.37. The summed E-state index contributed by atoms with van der Waals surface area (Å²) in [6.45, 7) is 7.14. The van der Waals surface area contributed by atoms with Crippen LogP contribution in [0.15, 0.2) is 42.0 Å². The number of hydrogen-bond acceptors (Lipinski definition) is 3. The highest BCUT2D eigenvalue weighted by molar-refractivity contribution is 5.87. The van der Waals surface area contributed by atoms with Gasteiger partial charge in [-0.15, -0.1) is 0 Å². The van der Waals surface area contributed by atoms with Crippen LogP contribution in [0.5, 0.6) is 0 Å². The van der Waals surface area contributed by atoms with Gasteiger partial charge in [0, 0.05) is 12.1 Å². The number of allylic oxidation sites excluding steroid dienone is 1. The Hall–Kier alpha value is -2.10. The SMILES string of the molecule is CC(C)=CC(=O)O[C@@H](C)C(=O)N[C@@H](C)CCc1ccccc1. The molecule has 0 bridgehead atoms. The molecular formula is C18H25NO3. The van der Waals surface area contributed by atoms with E-state index in [1.165, 1.54) is 11.6 Å². The van der Waals surface area contributed by atoms with Gasteiger partial charge in [0.2, 0.25) is 0 Å². The van der Waals surface area contributed by atoms with Crippen molar-refractivity contribution in [3.8, 4) is 0 Å². The first-order valence-electron chi connectivity index (χ1n) is 7.58. The molecule has 0 unspecified atom stereocenters. The van der Waals surface area contributed by atoms with Crippen molar-refractivity contribution in [1.82, 2.24) is 5.32 Å². The normalized spacial score (nSPS) is 12.9. The number of aryl methyl sites for hydroxylation is 1. The number of ether oxygens (including phenoxy) is 1. The molecule has 1 rings (SSSR count). The number of carbonyl (C=O) groups excluding carboxylic acids is 2. The van der Waals surface area contributed by atoms with Crippen molar-refractivity contribution in [3.63, 3.8) is 0 Å². The smallest absolute Gasteiger partial charge is 0.331 e. The fourth-order valence-electron chi connectivity index (χ4n) is 1.96. The van der Waals surface area contributed by atoms with Gasteiger partial charge >= 0.3 is 5.97 Å². The predicted octanol–water partition coefficient (Wildman–Crippen LogP) is 3.02. The van der Waals surface area contributed by atoms with Crippen molar-refractivity contribution in [2.24, 2.45) is 0 Å². The minimum atomic E-state index is -0.790. The van der Waals surface area contributed by atoms with Crippen LogP contribution >= 0.6 is 0 Å². The fraction of sp³-hybridized carbons (Fsp3) is 0.444. The fourth-order valence-corrected chi connectivity index (χ4v) is 1.96. The van der Waals surface area contributed by atoms with Gasteiger partial charge in [0.05, 0.1) is 0 Å². The average Bonchev–Trinajstić information content (AvgIpc) is 2.45. The second kappa shape index (κ2) is 9.03. The lowest BCUT2D eigenvalue weighted by atomic mass is 10.1. The number of rotatable bonds is 7. The van der Waals surface area contributed by atoms with Crippen LogP contribution in [0.2, 0.25) is 0 Å². The van der Waals surface area contributed by atoms with E-state index in [1.54, 1.807) is 20.8 Å². The molecule has 2 atom stereocenters. The predicted molar refractivity (Wildman–Crippen MR) is 87.4 cm³/mol. The highest BCUT2D eigenvalue weighted by atomic mass is 16.5. The molecule has 0 aliphatic carbocycles. The van der Waals surface area contributed by atoms with Gasteiger partial charge in [-0.2, -0.15) is 0 Å². The van der Waals surface area contributed by atoms with Gasteiger partial charge in [-0.3, -0.25) is 4.79 Å². The lowest BCUT2D eigenvalue weighted by Crippen LogP contribution is -2.40. The van der Waals surface area contributed by atoms with E-state index in [2.05, 4.69) is 17.4 Å². The van der Waals surface area contributed by atoms with Crippen LogP contribution in [0.25, 0.3) is 0 Å². The zero-order valence-corrected chi connectivity index (χ0v) is 13.8. The summed E-state index contributed by atoms with van der Waals surface area (Å²) in [7, 11) is 0. The molecule has 4 heteroatoms. The molecule has 1 amide bonds. The molecule has 0 saturated heterocycles. The summed E-state index contributed by atoms with van der Waals surface area (Å²) in [4.78, 5) is 23.5. The molecule has 0 radical (unpaired) electrons.